The van der Waals surface area contributed by atoms with Gasteiger partial charge in [0.2, 0.25) is 5.91 Å². The Morgan fingerprint density at radius 1 is 1.44 bits per heavy atom. The number of hydrogen-bond donors (Lipinski definition) is 1. The smallest absolute Gasteiger partial charge is 0.248 e. The maximum absolute atomic E-state index is 11.8. The number of nitrogens with zero attached hydrogens (tertiary/aromatic N) is 1. The number of hydrogen-bond acceptors (Lipinski definition) is 3. The SMILES string of the molecule is CCCCCOCC(=O)N1CCC(C)(CN)C1.Cl. The van der Waals surface area contributed by atoms with Gasteiger partial charge in [-0.25, -0.2) is 0 Å². The van der Waals surface area contributed by atoms with E-state index in [2.05, 4.69) is 13.8 Å². The maximum Gasteiger partial charge on any atom is 0.248 e. The molecule has 0 radical (unpaired) electrons. The molecule has 2 N–H and O–H groups in total. The fourth-order valence-electron chi connectivity index (χ4n) is 2.11. The van der Waals surface area contributed by atoms with Crippen LogP contribution in [0.15, 0.2) is 0 Å². The van der Waals surface area contributed by atoms with Gasteiger partial charge in [-0.1, -0.05) is 26.7 Å². The summed E-state index contributed by atoms with van der Waals surface area (Å²) in [4.78, 5) is 13.7. The normalized spacial score (nSPS) is 22.9. The van der Waals surface area contributed by atoms with Crippen LogP contribution in [-0.2, 0) is 9.53 Å². The van der Waals surface area contributed by atoms with E-state index in [0.717, 1.165) is 25.9 Å². The zero-order valence-electron chi connectivity index (χ0n) is 11.6. The van der Waals surface area contributed by atoms with Crippen molar-refractivity contribution in [1.82, 2.24) is 4.90 Å². The molecule has 0 aromatic rings. The Kier molecular flexibility index (Phi) is 8.57. The molecule has 1 fully saturated rings. The topological polar surface area (TPSA) is 55.6 Å². The van der Waals surface area contributed by atoms with E-state index < -0.39 is 0 Å². The molecule has 1 amide bonds. The molecule has 0 bridgehead atoms. The molecule has 0 aromatic carbocycles. The van der Waals surface area contributed by atoms with Crippen molar-refractivity contribution in [1.29, 1.82) is 0 Å². The van der Waals surface area contributed by atoms with Crippen LogP contribution in [0, 0.1) is 5.41 Å². The van der Waals surface area contributed by atoms with Crippen LogP contribution in [0.25, 0.3) is 0 Å². The predicted molar refractivity (Wildman–Crippen MR) is 76.0 cm³/mol. The zero-order chi connectivity index (χ0) is 12.7. The summed E-state index contributed by atoms with van der Waals surface area (Å²) in [5.41, 5.74) is 5.83. The van der Waals surface area contributed by atoms with Gasteiger partial charge in [0.05, 0.1) is 0 Å². The molecule has 1 atom stereocenters. The van der Waals surface area contributed by atoms with Gasteiger partial charge in [0.15, 0.2) is 0 Å². The van der Waals surface area contributed by atoms with Gasteiger partial charge in [0, 0.05) is 19.7 Å². The number of likely N-dealkylation sites (tertiary alicyclic amines) is 1. The predicted octanol–water partition coefficient (Wildman–Crippen LogP) is 1.81. The minimum atomic E-state index is 0. The molecule has 1 heterocycles. The number of carbonyl (C=O) groups excluding carboxylic acids is 1. The van der Waals surface area contributed by atoms with Gasteiger partial charge < -0.3 is 15.4 Å². The molecule has 1 aliphatic rings. The van der Waals surface area contributed by atoms with E-state index >= 15 is 0 Å². The van der Waals surface area contributed by atoms with Gasteiger partial charge >= 0.3 is 0 Å². The monoisotopic (exact) mass is 278 g/mol. The van der Waals surface area contributed by atoms with Crippen molar-refractivity contribution in [2.75, 3.05) is 32.8 Å². The quantitative estimate of drug-likeness (QED) is 0.723. The number of unbranched alkanes of at least 4 members (excludes halogenated alkanes) is 2. The van der Waals surface area contributed by atoms with Gasteiger partial charge in [-0.05, 0) is 24.8 Å². The molecule has 0 spiro atoms. The molecular weight excluding hydrogens is 252 g/mol. The van der Waals surface area contributed by atoms with E-state index in [4.69, 9.17) is 10.5 Å². The summed E-state index contributed by atoms with van der Waals surface area (Å²) in [6.45, 7) is 7.47. The second-order valence-corrected chi connectivity index (χ2v) is 5.34. The minimum absolute atomic E-state index is 0. The highest BCUT2D eigenvalue weighted by molar-refractivity contribution is 5.85. The fraction of sp³-hybridized carbons (Fsp3) is 0.923. The van der Waals surface area contributed by atoms with Crippen LogP contribution in [0.4, 0.5) is 0 Å². The Bertz CT molecular complexity index is 251. The van der Waals surface area contributed by atoms with Crippen molar-refractivity contribution in [2.45, 2.75) is 39.5 Å². The summed E-state index contributed by atoms with van der Waals surface area (Å²) >= 11 is 0. The van der Waals surface area contributed by atoms with Crippen molar-refractivity contribution in [3.8, 4) is 0 Å². The van der Waals surface area contributed by atoms with Gasteiger partial charge in [0.25, 0.3) is 0 Å². The fourth-order valence-corrected chi connectivity index (χ4v) is 2.11. The molecule has 4 nitrogen and oxygen atoms in total. The van der Waals surface area contributed by atoms with E-state index in [1.165, 1.54) is 12.8 Å². The average molecular weight is 279 g/mol. The molecule has 1 rings (SSSR count). The lowest BCUT2D eigenvalue weighted by Gasteiger charge is -2.22. The molecule has 5 heteroatoms. The average Bonchev–Trinajstić information content (AvgIpc) is 2.72. The Morgan fingerprint density at radius 2 is 2.17 bits per heavy atom. The van der Waals surface area contributed by atoms with Crippen LogP contribution in [0.3, 0.4) is 0 Å². The zero-order valence-corrected chi connectivity index (χ0v) is 12.4. The van der Waals surface area contributed by atoms with Crippen molar-refractivity contribution >= 4 is 18.3 Å². The number of nitrogens with two attached hydrogens (primary N) is 1. The van der Waals surface area contributed by atoms with E-state index in [1.807, 2.05) is 4.90 Å². The lowest BCUT2D eigenvalue weighted by Crippen LogP contribution is -2.36. The molecular formula is C13H27ClN2O2. The lowest BCUT2D eigenvalue weighted by atomic mass is 9.90. The van der Waals surface area contributed by atoms with Gasteiger partial charge in [-0.2, -0.15) is 0 Å². The first-order valence-corrected chi connectivity index (χ1v) is 6.67. The Balaban J connectivity index is 0.00000289. The third-order valence-electron chi connectivity index (χ3n) is 3.52. The molecule has 0 saturated carbocycles. The number of ether oxygens (including phenoxy) is 1. The summed E-state index contributed by atoms with van der Waals surface area (Å²) in [6.07, 6.45) is 4.40. The summed E-state index contributed by atoms with van der Waals surface area (Å²) in [7, 11) is 0. The highest BCUT2D eigenvalue weighted by Crippen LogP contribution is 2.28. The first-order chi connectivity index (χ1) is 8.11. The third-order valence-corrected chi connectivity index (χ3v) is 3.52. The number of amides is 1. The number of rotatable bonds is 7. The Morgan fingerprint density at radius 3 is 2.72 bits per heavy atom. The molecule has 1 unspecified atom stereocenters. The molecule has 1 saturated heterocycles. The second-order valence-electron chi connectivity index (χ2n) is 5.34. The summed E-state index contributed by atoms with van der Waals surface area (Å²) in [5.74, 6) is 0.110. The van der Waals surface area contributed by atoms with Crippen molar-refractivity contribution in [3.05, 3.63) is 0 Å². The van der Waals surface area contributed by atoms with Crippen molar-refractivity contribution < 1.29 is 9.53 Å². The second kappa shape index (κ2) is 8.73. The molecule has 108 valence electrons. The van der Waals surface area contributed by atoms with Gasteiger partial charge in [-0.3, -0.25) is 4.79 Å². The summed E-state index contributed by atoms with van der Waals surface area (Å²) in [6, 6.07) is 0. The van der Waals surface area contributed by atoms with Crippen LogP contribution < -0.4 is 5.73 Å². The van der Waals surface area contributed by atoms with Crippen LogP contribution in [0.2, 0.25) is 0 Å². The van der Waals surface area contributed by atoms with E-state index in [1.54, 1.807) is 0 Å². The minimum Gasteiger partial charge on any atom is -0.372 e. The van der Waals surface area contributed by atoms with Crippen LogP contribution in [0.5, 0.6) is 0 Å². The highest BCUT2D eigenvalue weighted by Gasteiger charge is 2.34. The lowest BCUT2D eigenvalue weighted by molar-refractivity contribution is -0.135. The van der Waals surface area contributed by atoms with E-state index in [-0.39, 0.29) is 30.3 Å². The summed E-state index contributed by atoms with van der Waals surface area (Å²) in [5, 5.41) is 0. The van der Waals surface area contributed by atoms with Crippen molar-refractivity contribution in [3.63, 3.8) is 0 Å². The third kappa shape index (κ3) is 5.55. The Labute approximate surface area is 117 Å². The van der Waals surface area contributed by atoms with Crippen LogP contribution in [-0.4, -0.2) is 43.7 Å². The van der Waals surface area contributed by atoms with E-state index in [0.29, 0.717) is 13.2 Å². The van der Waals surface area contributed by atoms with Gasteiger partial charge in [-0.15, -0.1) is 12.4 Å². The first-order valence-electron chi connectivity index (χ1n) is 6.67. The maximum atomic E-state index is 11.8. The van der Waals surface area contributed by atoms with Crippen molar-refractivity contribution in [2.24, 2.45) is 11.1 Å². The number of carbonyl (C=O) groups is 1. The largest absolute Gasteiger partial charge is 0.372 e. The van der Waals surface area contributed by atoms with Crippen LogP contribution >= 0.6 is 12.4 Å². The van der Waals surface area contributed by atoms with Gasteiger partial charge in [0.1, 0.15) is 6.61 Å². The summed E-state index contributed by atoms with van der Waals surface area (Å²) < 4.78 is 5.39. The van der Waals surface area contributed by atoms with E-state index in [9.17, 15) is 4.79 Å². The highest BCUT2D eigenvalue weighted by atomic mass is 35.5. The molecule has 0 aliphatic carbocycles. The first kappa shape index (κ1) is 17.7. The molecule has 18 heavy (non-hydrogen) atoms. The standard InChI is InChI=1S/C13H26N2O2.ClH/c1-3-4-5-8-17-9-12(16)15-7-6-13(2,10-14)11-15;/h3-11,14H2,1-2H3;1H. The van der Waals surface area contributed by atoms with Crippen LogP contribution in [0.1, 0.15) is 39.5 Å². The Hall–Kier alpha value is -0.320. The number of halogens is 1. The molecule has 0 aromatic heterocycles. The molecule has 1 aliphatic heterocycles.